The third-order valence-corrected chi connectivity index (χ3v) is 5.43. The van der Waals surface area contributed by atoms with Crippen molar-refractivity contribution in [2.75, 3.05) is 7.11 Å². The summed E-state index contributed by atoms with van der Waals surface area (Å²) in [5.41, 5.74) is 4.50. The van der Waals surface area contributed by atoms with Gasteiger partial charge in [-0.25, -0.2) is 0 Å². The van der Waals surface area contributed by atoms with Crippen LogP contribution in [0.15, 0.2) is 47.6 Å². The van der Waals surface area contributed by atoms with Gasteiger partial charge < -0.3 is 19.7 Å². The maximum absolute atomic E-state index is 13.4. The Balaban J connectivity index is 1.98. The van der Waals surface area contributed by atoms with Crippen molar-refractivity contribution in [1.82, 2.24) is 0 Å². The van der Waals surface area contributed by atoms with E-state index < -0.39 is 12.1 Å². The van der Waals surface area contributed by atoms with Gasteiger partial charge in [0.05, 0.1) is 5.56 Å². The van der Waals surface area contributed by atoms with Crippen molar-refractivity contribution in [3.05, 3.63) is 75.4 Å². The first-order chi connectivity index (χ1) is 14.7. The number of methoxy groups -OCH3 is 1. The van der Waals surface area contributed by atoms with Crippen LogP contribution in [0.5, 0.6) is 17.2 Å². The molecule has 0 saturated carbocycles. The first kappa shape index (κ1) is 22.6. The minimum absolute atomic E-state index is 0.0491. The van der Waals surface area contributed by atoms with E-state index in [1.165, 1.54) is 24.3 Å². The molecule has 0 unspecified atom stereocenters. The Hall–Kier alpha value is -3.05. The number of hydrogen-bond donors (Lipinski definition) is 2. The maximum atomic E-state index is 13.4. The Morgan fingerprint density at radius 3 is 2.55 bits per heavy atom. The van der Waals surface area contributed by atoms with E-state index in [2.05, 4.69) is 32.9 Å². The van der Waals surface area contributed by atoms with Gasteiger partial charge in [-0.1, -0.05) is 29.4 Å². The molecular weight excluding hydrogens is 392 g/mol. The van der Waals surface area contributed by atoms with Crippen LogP contribution in [-0.4, -0.2) is 23.1 Å². The average molecular weight is 423 g/mol. The smallest absolute Gasteiger partial charge is 0.227 e. The summed E-state index contributed by atoms with van der Waals surface area (Å²) in [7, 11) is 1.47. The number of aromatic hydroxyl groups is 2. The number of ketones is 1. The highest BCUT2D eigenvalue weighted by molar-refractivity contribution is 6.15. The van der Waals surface area contributed by atoms with E-state index in [-0.39, 0.29) is 28.4 Å². The molecule has 2 N–H and O–H groups in total. The first-order valence-corrected chi connectivity index (χ1v) is 10.4. The normalized spacial score (nSPS) is 15.6. The van der Waals surface area contributed by atoms with Crippen LogP contribution in [0.1, 0.15) is 72.5 Å². The molecule has 1 aliphatic rings. The van der Waals surface area contributed by atoms with Crippen molar-refractivity contribution in [1.29, 1.82) is 0 Å². The van der Waals surface area contributed by atoms with Crippen LogP contribution in [0.25, 0.3) is 0 Å². The molecule has 1 atom stereocenters. The molecule has 0 spiro atoms. The van der Waals surface area contributed by atoms with E-state index in [0.717, 1.165) is 18.4 Å². The lowest BCUT2D eigenvalue weighted by molar-refractivity contribution is -0.0559. The molecule has 164 valence electrons. The lowest BCUT2D eigenvalue weighted by Crippen LogP contribution is -2.11. The van der Waals surface area contributed by atoms with Gasteiger partial charge in [-0.2, -0.15) is 0 Å². The molecule has 0 fully saturated rings. The quantitative estimate of drug-likeness (QED) is 0.566. The van der Waals surface area contributed by atoms with Gasteiger partial charge in [-0.15, -0.1) is 0 Å². The molecule has 1 heterocycles. The molecular formula is C26H30O5. The molecule has 31 heavy (non-hydrogen) atoms. The standard InChI is InChI=1S/C26H30O5/c1-15(2)7-6-8-16(3)9-10-18-11-12-21-23(24(18)28)25(29)22-19(26(30-5)31-21)13-17(4)14-20(22)27/h7,9,11-14,26-28H,6,8,10H2,1-5H3/b16-9+/t26-/m0/s1. The SMILES string of the molecule is CO[C@H]1Oc2ccc(C/C=C(\C)CCC=C(C)C)c(O)c2C(=O)c2c(O)cc(C)cc21. The number of carbonyl (C=O) groups excluding carboxylic acids is 1. The number of fused-ring (bicyclic) bond motifs is 2. The van der Waals surface area contributed by atoms with Crippen LogP contribution in [0.3, 0.4) is 0 Å². The number of hydrogen-bond acceptors (Lipinski definition) is 5. The number of carbonyl (C=O) groups is 1. The highest BCUT2D eigenvalue weighted by Crippen LogP contribution is 2.43. The summed E-state index contributed by atoms with van der Waals surface area (Å²) < 4.78 is 11.3. The monoisotopic (exact) mass is 422 g/mol. The fraction of sp³-hybridized carbons (Fsp3) is 0.346. The molecule has 0 saturated heterocycles. The first-order valence-electron chi connectivity index (χ1n) is 10.4. The second-order valence-electron chi connectivity index (χ2n) is 8.28. The largest absolute Gasteiger partial charge is 0.507 e. The maximum Gasteiger partial charge on any atom is 0.227 e. The van der Waals surface area contributed by atoms with Crippen molar-refractivity contribution in [2.24, 2.45) is 0 Å². The Morgan fingerprint density at radius 1 is 1.13 bits per heavy atom. The van der Waals surface area contributed by atoms with Gasteiger partial charge >= 0.3 is 0 Å². The van der Waals surface area contributed by atoms with Crippen molar-refractivity contribution < 1.29 is 24.5 Å². The van der Waals surface area contributed by atoms with E-state index >= 15 is 0 Å². The molecule has 5 nitrogen and oxygen atoms in total. The number of ether oxygens (including phenoxy) is 2. The van der Waals surface area contributed by atoms with E-state index in [1.54, 1.807) is 18.2 Å². The topological polar surface area (TPSA) is 76.0 Å². The molecule has 1 aliphatic heterocycles. The molecule has 3 rings (SSSR count). The fourth-order valence-electron chi connectivity index (χ4n) is 3.78. The van der Waals surface area contributed by atoms with Crippen molar-refractivity contribution in [3.8, 4) is 17.2 Å². The van der Waals surface area contributed by atoms with Crippen LogP contribution in [0.2, 0.25) is 0 Å². The highest BCUT2D eigenvalue weighted by Gasteiger charge is 2.34. The predicted molar refractivity (Wildman–Crippen MR) is 121 cm³/mol. The zero-order valence-electron chi connectivity index (χ0n) is 18.8. The van der Waals surface area contributed by atoms with Gasteiger partial charge in [0.25, 0.3) is 0 Å². The second-order valence-corrected chi connectivity index (χ2v) is 8.28. The Labute approximate surface area is 183 Å². The van der Waals surface area contributed by atoms with E-state index in [9.17, 15) is 15.0 Å². The van der Waals surface area contributed by atoms with Crippen LogP contribution in [-0.2, 0) is 11.2 Å². The number of phenolic OH excluding ortho intramolecular Hbond substituents is 2. The number of allylic oxidation sites excluding steroid dienone is 4. The summed E-state index contributed by atoms with van der Waals surface area (Å²) in [5, 5.41) is 21.5. The molecule has 0 radical (unpaired) electrons. The van der Waals surface area contributed by atoms with Crippen LogP contribution in [0.4, 0.5) is 0 Å². The fourth-order valence-corrected chi connectivity index (χ4v) is 3.78. The third-order valence-electron chi connectivity index (χ3n) is 5.43. The summed E-state index contributed by atoms with van der Waals surface area (Å²) in [6, 6.07) is 6.71. The molecule has 0 amide bonds. The third kappa shape index (κ3) is 4.83. The van der Waals surface area contributed by atoms with Crippen molar-refractivity contribution in [3.63, 3.8) is 0 Å². The van der Waals surface area contributed by atoms with Gasteiger partial charge in [0.15, 0.2) is 0 Å². The number of benzene rings is 2. The summed E-state index contributed by atoms with van der Waals surface area (Å²) in [6.45, 7) is 8.04. The van der Waals surface area contributed by atoms with E-state index in [4.69, 9.17) is 9.47 Å². The van der Waals surface area contributed by atoms with Crippen LogP contribution in [0, 0.1) is 6.92 Å². The Bertz CT molecular complexity index is 1060. The zero-order chi connectivity index (χ0) is 22.7. The minimum Gasteiger partial charge on any atom is -0.507 e. The molecule has 2 aromatic carbocycles. The van der Waals surface area contributed by atoms with Gasteiger partial charge in [-0.05, 0) is 76.3 Å². The molecule has 2 aromatic rings. The predicted octanol–water partition coefficient (Wildman–Crippen LogP) is 5.91. The van der Waals surface area contributed by atoms with E-state index in [1.807, 2.05) is 6.92 Å². The van der Waals surface area contributed by atoms with Crippen molar-refractivity contribution in [2.45, 2.75) is 53.2 Å². The molecule has 0 aromatic heterocycles. The summed E-state index contributed by atoms with van der Waals surface area (Å²) in [5.74, 6) is -0.530. The number of aryl methyl sites for hydroxylation is 1. The minimum atomic E-state index is -0.867. The zero-order valence-corrected chi connectivity index (χ0v) is 18.8. The summed E-state index contributed by atoms with van der Waals surface area (Å²) >= 11 is 0. The van der Waals surface area contributed by atoms with Gasteiger partial charge in [0.1, 0.15) is 22.8 Å². The number of rotatable bonds is 6. The second kappa shape index (κ2) is 9.40. The average Bonchev–Trinajstić information content (AvgIpc) is 2.81. The number of phenols is 2. The van der Waals surface area contributed by atoms with E-state index in [0.29, 0.717) is 17.5 Å². The Morgan fingerprint density at radius 2 is 1.87 bits per heavy atom. The van der Waals surface area contributed by atoms with Gasteiger partial charge in [0, 0.05) is 12.7 Å². The lowest BCUT2D eigenvalue weighted by atomic mass is 9.93. The van der Waals surface area contributed by atoms with Gasteiger partial charge in [0.2, 0.25) is 12.1 Å². The summed E-state index contributed by atoms with van der Waals surface area (Å²) in [4.78, 5) is 13.4. The Kier molecular flexibility index (Phi) is 6.86. The van der Waals surface area contributed by atoms with Crippen LogP contribution >= 0.6 is 0 Å². The molecule has 0 bridgehead atoms. The van der Waals surface area contributed by atoms with Crippen molar-refractivity contribution >= 4 is 5.78 Å². The molecule has 5 heteroatoms. The summed E-state index contributed by atoms with van der Waals surface area (Å²) in [6.07, 6.45) is 5.80. The lowest BCUT2D eigenvalue weighted by Gasteiger charge is -2.18. The van der Waals surface area contributed by atoms with Gasteiger partial charge in [-0.3, -0.25) is 4.79 Å². The highest BCUT2D eigenvalue weighted by atomic mass is 16.7. The van der Waals surface area contributed by atoms with Crippen LogP contribution < -0.4 is 4.74 Å². The molecule has 0 aliphatic carbocycles.